The summed E-state index contributed by atoms with van der Waals surface area (Å²) in [4.78, 5) is 37.7. The van der Waals surface area contributed by atoms with E-state index in [-0.39, 0.29) is 17.2 Å². The maximum absolute atomic E-state index is 12.7. The summed E-state index contributed by atoms with van der Waals surface area (Å²) in [6, 6.07) is 8.90. The normalized spacial score (nSPS) is 15.5. The number of nitrogens with zero attached hydrogens (tertiary/aromatic N) is 3. The molecule has 0 aliphatic heterocycles. The van der Waals surface area contributed by atoms with E-state index >= 15 is 0 Å². The first-order chi connectivity index (χ1) is 14.3. The van der Waals surface area contributed by atoms with Gasteiger partial charge in [0.25, 0.3) is 11.5 Å². The molecular weight excluding hydrogens is 384 g/mol. The summed E-state index contributed by atoms with van der Waals surface area (Å²) < 4.78 is 6.45. The number of benzene rings is 1. The highest BCUT2D eigenvalue weighted by atomic mass is 16.5. The molecule has 1 heterocycles. The molecule has 1 N–H and O–H groups in total. The second kappa shape index (κ2) is 9.08. The number of aromatic nitrogens is 2. The monoisotopic (exact) mass is 410 g/mol. The molecule has 1 aliphatic carbocycles. The number of amides is 1. The molecule has 1 aliphatic rings. The summed E-state index contributed by atoms with van der Waals surface area (Å²) in [5, 5.41) is 17.2. The lowest BCUT2D eigenvalue weighted by Gasteiger charge is -2.31. The van der Waals surface area contributed by atoms with Crippen LogP contribution < -0.4 is 10.9 Å². The van der Waals surface area contributed by atoms with Crippen LogP contribution in [-0.2, 0) is 16.1 Å². The Labute approximate surface area is 174 Å². The molecular formula is C22H26N4O4. The van der Waals surface area contributed by atoms with E-state index in [2.05, 4.69) is 16.5 Å². The van der Waals surface area contributed by atoms with Crippen molar-refractivity contribution in [3.05, 3.63) is 40.3 Å². The van der Waals surface area contributed by atoms with Crippen molar-refractivity contribution >= 4 is 22.6 Å². The van der Waals surface area contributed by atoms with Gasteiger partial charge in [-0.3, -0.25) is 9.59 Å². The molecule has 1 saturated carbocycles. The number of hydrogen-bond donors (Lipinski definition) is 1. The zero-order chi connectivity index (χ0) is 21.7. The van der Waals surface area contributed by atoms with E-state index in [1.54, 1.807) is 24.3 Å². The van der Waals surface area contributed by atoms with Gasteiger partial charge in [0.05, 0.1) is 11.5 Å². The van der Waals surface area contributed by atoms with Crippen LogP contribution in [0, 0.1) is 17.2 Å². The summed E-state index contributed by atoms with van der Waals surface area (Å²) in [6.07, 6.45) is 3.98. The molecule has 3 rings (SSSR count). The summed E-state index contributed by atoms with van der Waals surface area (Å²) in [6.45, 7) is 3.74. The molecule has 1 fully saturated rings. The first-order valence-corrected chi connectivity index (χ1v) is 10.2. The lowest BCUT2D eigenvalue weighted by atomic mass is 9.83. The van der Waals surface area contributed by atoms with Crippen LogP contribution in [-0.4, -0.2) is 33.8 Å². The third-order valence-electron chi connectivity index (χ3n) is 5.23. The van der Waals surface area contributed by atoms with Crippen LogP contribution in [0.25, 0.3) is 10.8 Å². The third kappa shape index (κ3) is 4.67. The van der Waals surface area contributed by atoms with Gasteiger partial charge >= 0.3 is 5.97 Å². The van der Waals surface area contributed by atoms with E-state index in [0.717, 1.165) is 19.3 Å². The summed E-state index contributed by atoms with van der Waals surface area (Å²) >= 11 is 0. The molecule has 0 spiro atoms. The second-order valence-electron chi connectivity index (χ2n) is 8.15. The van der Waals surface area contributed by atoms with Crippen molar-refractivity contribution in [2.24, 2.45) is 5.92 Å². The Morgan fingerprint density at radius 1 is 1.23 bits per heavy atom. The molecule has 2 aromatic rings. The minimum Gasteiger partial charge on any atom is -0.451 e. The smallest absolute Gasteiger partial charge is 0.359 e. The van der Waals surface area contributed by atoms with E-state index < -0.39 is 24.0 Å². The largest absolute Gasteiger partial charge is 0.451 e. The number of esters is 1. The van der Waals surface area contributed by atoms with Crippen LogP contribution in [0.15, 0.2) is 29.1 Å². The van der Waals surface area contributed by atoms with Gasteiger partial charge in [-0.2, -0.15) is 10.4 Å². The number of ether oxygens (including phenoxy) is 1. The molecule has 158 valence electrons. The van der Waals surface area contributed by atoms with Gasteiger partial charge in [-0.25, -0.2) is 9.48 Å². The van der Waals surface area contributed by atoms with E-state index in [4.69, 9.17) is 4.74 Å². The Kier molecular flexibility index (Phi) is 6.50. The quantitative estimate of drug-likeness (QED) is 0.732. The predicted molar refractivity (Wildman–Crippen MR) is 111 cm³/mol. The van der Waals surface area contributed by atoms with E-state index in [0.29, 0.717) is 30.2 Å². The Hall–Kier alpha value is -3.21. The molecule has 0 atom stereocenters. The van der Waals surface area contributed by atoms with Crippen molar-refractivity contribution < 1.29 is 14.3 Å². The molecule has 1 amide bonds. The number of rotatable bonds is 6. The van der Waals surface area contributed by atoms with Crippen LogP contribution >= 0.6 is 0 Å². The maximum atomic E-state index is 12.7. The lowest BCUT2D eigenvalue weighted by Crippen LogP contribution is -2.50. The van der Waals surface area contributed by atoms with Gasteiger partial charge in [0.15, 0.2) is 12.3 Å². The summed E-state index contributed by atoms with van der Waals surface area (Å²) in [7, 11) is 0. The minimum atomic E-state index is -0.892. The predicted octanol–water partition coefficient (Wildman–Crippen LogP) is 2.55. The number of hydrogen-bond acceptors (Lipinski definition) is 6. The Bertz CT molecular complexity index is 1050. The standard InChI is InChI=1S/C22H26N4O4/c1-15(2)12-26-20(28)17-9-5-4-8-16(17)19(25-26)21(29)30-13-18(27)24-22(14-23)10-6-3-7-11-22/h4-5,8-9,15H,3,6-7,10-13H2,1-2H3,(H,24,27). The highest BCUT2D eigenvalue weighted by Crippen LogP contribution is 2.27. The van der Waals surface area contributed by atoms with Crippen LogP contribution in [0.2, 0.25) is 0 Å². The van der Waals surface area contributed by atoms with Gasteiger partial charge in [-0.15, -0.1) is 0 Å². The van der Waals surface area contributed by atoms with Gasteiger partial charge in [0.2, 0.25) is 0 Å². The third-order valence-corrected chi connectivity index (χ3v) is 5.23. The molecule has 30 heavy (non-hydrogen) atoms. The fourth-order valence-electron chi connectivity index (χ4n) is 3.78. The molecule has 0 saturated heterocycles. The Morgan fingerprint density at radius 3 is 2.53 bits per heavy atom. The average molecular weight is 410 g/mol. The average Bonchev–Trinajstić information content (AvgIpc) is 2.74. The van der Waals surface area contributed by atoms with Crippen molar-refractivity contribution in [3.8, 4) is 6.07 Å². The number of nitrogens with one attached hydrogen (secondary N) is 1. The number of carbonyl (C=O) groups is 2. The topological polar surface area (TPSA) is 114 Å². The number of carbonyl (C=O) groups excluding carboxylic acids is 2. The second-order valence-corrected chi connectivity index (χ2v) is 8.15. The van der Waals surface area contributed by atoms with Crippen LogP contribution in [0.1, 0.15) is 56.4 Å². The summed E-state index contributed by atoms with van der Waals surface area (Å²) in [5.74, 6) is -1.15. The van der Waals surface area contributed by atoms with Gasteiger partial charge in [-0.1, -0.05) is 51.3 Å². The fraction of sp³-hybridized carbons (Fsp3) is 0.500. The lowest BCUT2D eigenvalue weighted by molar-refractivity contribution is -0.125. The minimum absolute atomic E-state index is 0.00804. The van der Waals surface area contributed by atoms with Gasteiger partial charge in [0, 0.05) is 11.9 Å². The fourth-order valence-corrected chi connectivity index (χ4v) is 3.78. The van der Waals surface area contributed by atoms with Crippen molar-refractivity contribution in [2.45, 2.75) is 58.0 Å². The molecule has 8 nitrogen and oxygen atoms in total. The molecule has 0 bridgehead atoms. The van der Waals surface area contributed by atoms with Gasteiger partial charge < -0.3 is 10.1 Å². The summed E-state index contributed by atoms with van der Waals surface area (Å²) in [5.41, 5.74) is -1.18. The SMILES string of the molecule is CC(C)Cn1nc(C(=O)OCC(=O)NC2(C#N)CCCCC2)c2ccccc2c1=O. The first-order valence-electron chi connectivity index (χ1n) is 10.2. The highest BCUT2D eigenvalue weighted by molar-refractivity contribution is 6.02. The van der Waals surface area contributed by atoms with Crippen molar-refractivity contribution in [1.29, 1.82) is 5.26 Å². The molecule has 0 unspecified atom stereocenters. The molecule has 8 heteroatoms. The zero-order valence-corrected chi connectivity index (χ0v) is 17.3. The van der Waals surface area contributed by atoms with Crippen molar-refractivity contribution in [1.82, 2.24) is 15.1 Å². The van der Waals surface area contributed by atoms with Gasteiger partial charge in [-0.05, 0) is 24.8 Å². The highest BCUT2D eigenvalue weighted by Gasteiger charge is 2.33. The Balaban J connectivity index is 1.78. The number of fused-ring (bicyclic) bond motifs is 1. The molecule has 0 radical (unpaired) electrons. The van der Waals surface area contributed by atoms with Gasteiger partial charge in [0.1, 0.15) is 5.54 Å². The maximum Gasteiger partial charge on any atom is 0.359 e. The zero-order valence-electron chi connectivity index (χ0n) is 17.3. The van der Waals surface area contributed by atoms with Crippen LogP contribution in [0.4, 0.5) is 0 Å². The van der Waals surface area contributed by atoms with Crippen LogP contribution in [0.5, 0.6) is 0 Å². The first kappa shape index (κ1) is 21.5. The van der Waals surface area contributed by atoms with E-state index in [1.807, 2.05) is 13.8 Å². The Morgan fingerprint density at radius 2 is 1.90 bits per heavy atom. The van der Waals surface area contributed by atoms with Crippen molar-refractivity contribution in [2.75, 3.05) is 6.61 Å². The van der Waals surface area contributed by atoms with Crippen LogP contribution in [0.3, 0.4) is 0 Å². The van der Waals surface area contributed by atoms with E-state index in [1.165, 1.54) is 4.68 Å². The number of nitriles is 1. The van der Waals surface area contributed by atoms with E-state index in [9.17, 15) is 19.6 Å². The van der Waals surface area contributed by atoms with Crippen molar-refractivity contribution in [3.63, 3.8) is 0 Å². The molecule has 1 aromatic heterocycles. The molecule has 1 aromatic carbocycles.